The second kappa shape index (κ2) is 5.64. The number of benzene rings is 1. The molecule has 0 aliphatic rings. The van der Waals surface area contributed by atoms with Crippen LogP contribution in [-0.4, -0.2) is 25.5 Å². The number of nitrogens with one attached hydrogen (secondary N) is 3. The maximum Gasteiger partial charge on any atom is 0.321 e. The minimum absolute atomic E-state index is 0.0669. The van der Waals surface area contributed by atoms with Crippen molar-refractivity contribution in [3.05, 3.63) is 30.3 Å². The number of amides is 3. The number of imide groups is 1. The molecular formula is C10H13N3O2. The van der Waals surface area contributed by atoms with E-state index >= 15 is 0 Å². The van der Waals surface area contributed by atoms with E-state index in [4.69, 9.17) is 0 Å². The summed E-state index contributed by atoms with van der Waals surface area (Å²) < 4.78 is 0. The molecule has 0 atom stereocenters. The fourth-order valence-electron chi connectivity index (χ4n) is 0.972. The summed E-state index contributed by atoms with van der Waals surface area (Å²) in [5.41, 5.74) is 0.838. The van der Waals surface area contributed by atoms with Gasteiger partial charge in [-0.2, -0.15) is 0 Å². The average Bonchev–Trinajstić information content (AvgIpc) is 2.27. The zero-order valence-electron chi connectivity index (χ0n) is 8.41. The Balaban J connectivity index is 2.32. The van der Waals surface area contributed by atoms with Crippen LogP contribution in [0.4, 0.5) is 10.5 Å². The fourth-order valence-corrected chi connectivity index (χ4v) is 0.972. The summed E-state index contributed by atoms with van der Waals surface area (Å²) >= 11 is 0. The maximum absolute atomic E-state index is 11.2. The first kappa shape index (κ1) is 11.0. The van der Waals surface area contributed by atoms with Gasteiger partial charge in [0.2, 0.25) is 5.91 Å². The molecule has 0 aliphatic carbocycles. The van der Waals surface area contributed by atoms with Gasteiger partial charge in [0.25, 0.3) is 0 Å². The number of carbonyl (C=O) groups is 2. The molecule has 0 aromatic heterocycles. The molecule has 0 radical (unpaired) electrons. The summed E-state index contributed by atoms with van der Waals surface area (Å²) in [4.78, 5) is 21.9. The van der Waals surface area contributed by atoms with Crippen LogP contribution in [0.1, 0.15) is 0 Å². The molecular weight excluding hydrogens is 194 g/mol. The van der Waals surface area contributed by atoms with Crippen LogP contribution in [0, 0.1) is 0 Å². The summed E-state index contributed by atoms with van der Waals surface area (Å²) in [7, 11) is 1.45. The molecule has 1 aromatic carbocycles. The molecule has 0 saturated heterocycles. The number of hydrogen-bond acceptors (Lipinski definition) is 3. The molecule has 0 unspecified atom stereocenters. The monoisotopic (exact) mass is 207 g/mol. The summed E-state index contributed by atoms with van der Waals surface area (Å²) in [5.74, 6) is -0.377. The highest BCUT2D eigenvalue weighted by atomic mass is 16.2. The summed E-state index contributed by atoms with van der Waals surface area (Å²) in [6.07, 6.45) is 0. The third kappa shape index (κ3) is 4.12. The SMILES string of the molecule is CNC(=O)NC(=O)CNc1ccccc1. The van der Waals surface area contributed by atoms with Gasteiger partial charge in [0, 0.05) is 12.7 Å². The van der Waals surface area contributed by atoms with E-state index in [1.807, 2.05) is 30.3 Å². The third-order valence-electron chi connectivity index (χ3n) is 1.71. The molecule has 0 heterocycles. The van der Waals surface area contributed by atoms with Gasteiger partial charge in [0.15, 0.2) is 0 Å². The zero-order valence-corrected chi connectivity index (χ0v) is 8.41. The van der Waals surface area contributed by atoms with Crippen molar-refractivity contribution < 1.29 is 9.59 Å². The van der Waals surface area contributed by atoms with Gasteiger partial charge in [-0.3, -0.25) is 10.1 Å². The molecule has 5 heteroatoms. The topological polar surface area (TPSA) is 70.2 Å². The molecule has 3 N–H and O–H groups in total. The van der Waals surface area contributed by atoms with Gasteiger partial charge in [0.05, 0.1) is 6.54 Å². The summed E-state index contributed by atoms with van der Waals surface area (Å²) in [6.45, 7) is 0.0669. The van der Waals surface area contributed by atoms with Crippen molar-refractivity contribution in [2.75, 3.05) is 18.9 Å². The highest BCUT2D eigenvalue weighted by Crippen LogP contribution is 2.03. The Morgan fingerprint density at radius 1 is 1.20 bits per heavy atom. The van der Waals surface area contributed by atoms with Gasteiger partial charge in [-0.15, -0.1) is 0 Å². The molecule has 3 amide bonds. The first-order valence-electron chi connectivity index (χ1n) is 4.53. The molecule has 5 nitrogen and oxygen atoms in total. The largest absolute Gasteiger partial charge is 0.376 e. The van der Waals surface area contributed by atoms with E-state index in [2.05, 4.69) is 16.0 Å². The molecule has 0 spiro atoms. The van der Waals surface area contributed by atoms with Crippen LogP contribution in [0.5, 0.6) is 0 Å². The van der Waals surface area contributed by atoms with Crippen molar-refractivity contribution in [2.24, 2.45) is 0 Å². The summed E-state index contributed by atoms with van der Waals surface area (Å²) in [6, 6.07) is 8.78. The van der Waals surface area contributed by atoms with E-state index in [1.165, 1.54) is 7.05 Å². The lowest BCUT2D eigenvalue weighted by atomic mass is 10.3. The van der Waals surface area contributed by atoms with Crippen molar-refractivity contribution in [1.29, 1.82) is 0 Å². The smallest absolute Gasteiger partial charge is 0.321 e. The molecule has 0 aliphatic heterocycles. The van der Waals surface area contributed by atoms with Crippen LogP contribution in [-0.2, 0) is 4.79 Å². The van der Waals surface area contributed by atoms with Crippen LogP contribution in [0.25, 0.3) is 0 Å². The average molecular weight is 207 g/mol. The molecule has 15 heavy (non-hydrogen) atoms. The van der Waals surface area contributed by atoms with Crippen molar-refractivity contribution in [2.45, 2.75) is 0 Å². The number of anilines is 1. The Hall–Kier alpha value is -2.04. The Morgan fingerprint density at radius 3 is 2.47 bits per heavy atom. The van der Waals surface area contributed by atoms with Gasteiger partial charge in [-0.25, -0.2) is 4.79 Å². The lowest BCUT2D eigenvalue weighted by molar-refractivity contribution is -0.118. The van der Waals surface area contributed by atoms with Crippen molar-refractivity contribution >= 4 is 17.6 Å². The van der Waals surface area contributed by atoms with Gasteiger partial charge >= 0.3 is 6.03 Å². The number of hydrogen-bond donors (Lipinski definition) is 3. The second-order valence-corrected chi connectivity index (χ2v) is 2.85. The first-order valence-corrected chi connectivity index (χ1v) is 4.53. The highest BCUT2D eigenvalue weighted by Gasteiger charge is 2.04. The van der Waals surface area contributed by atoms with E-state index in [0.29, 0.717) is 0 Å². The zero-order chi connectivity index (χ0) is 11.1. The Kier molecular flexibility index (Phi) is 4.15. The molecule has 0 bridgehead atoms. The fraction of sp³-hybridized carbons (Fsp3) is 0.200. The Morgan fingerprint density at radius 2 is 1.87 bits per heavy atom. The standard InChI is InChI=1S/C10H13N3O2/c1-11-10(15)13-9(14)7-12-8-5-3-2-4-6-8/h2-6,12H,7H2,1H3,(H2,11,13,14,15). The van der Waals surface area contributed by atoms with E-state index in [-0.39, 0.29) is 12.5 Å². The van der Waals surface area contributed by atoms with Gasteiger partial charge < -0.3 is 10.6 Å². The predicted molar refractivity (Wildman–Crippen MR) is 57.5 cm³/mol. The quantitative estimate of drug-likeness (QED) is 0.678. The van der Waals surface area contributed by atoms with E-state index in [0.717, 1.165) is 5.69 Å². The lowest BCUT2D eigenvalue weighted by Crippen LogP contribution is -2.40. The molecule has 0 fully saturated rings. The van der Waals surface area contributed by atoms with Crippen LogP contribution >= 0.6 is 0 Å². The number of rotatable bonds is 3. The van der Waals surface area contributed by atoms with E-state index in [9.17, 15) is 9.59 Å². The highest BCUT2D eigenvalue weighted by molar-refractivity contribution is 5.96. The van der Waals surface area contributed by atoms with Crippen LogP contribution in [0.15, 0.2) is 30.3 Å². The van der Waals surface area contributed by atoms with Gasteiger partial charge in [-0.1, -0.05) is 18.2 Å². The first-order chi connectivity index (χ1) is 7.22. The van der Waals surface area contributed by atoms with Crippen LogP contribution in [0.2, 0.25) is 0 Å². The minimum Gasteiger partial charge on any atom is -0.376 e. The van der Waals surface area contributed by atoms with Gasteiger partial charge in [0.1, 0.15) is 0 Å². The van der Waals surface area contributed by atoms with E-state index < -0.39 is 6.03 Å². The van der Waals surface area contributed by atoms with Crippen LogP contribution in [0.3, 0.4) is 0 Å². The predicted octanol–water partition coefficient (Wildman–Crippen LogP) is 0.554. The number of para-hydroxylation sites is 1. The molecule has 1 aromatic rings. The van der Waals surface area contributed by atoms with Crippen molar-refractivity contribution in [1.82, 2.24) is 10.6 Å². The Bertz CT molecular complexity index is 338. The van der Waals surface area contributed by atoms with Gasteiger partial charge in [-0.05, 0) is 12.1 Å². The maximum atomic E-state index is 11.2. The molecule has 1 rings (SSSR count). The number of carbonyl (C=O) groups excluding carboxylic acids is 2. The molecule has 80 valence electrons. The normalized spacial score (nSPS) is 9.13. The van der Waals surface area contributed by atoms with Crippen molar-refractivity contribution in [3.63, 3.8) is 0 Å². The molecule has 0 saturated carbocycles. The minimum atomic E-state index is -0.505. The Labute approximate surface area is 87.9 Å². The van der Waals surface area contributed by atoms with Crippen molar-refractivity contribution in [3.8, 4) is 0 Å². The lowest BCUT2D eigenvalue weighted by Gasteiger charge is -2.05. The second-order valence-electron chi connectivity index (χ2n) is 2.85. The summed E-state index contributed by atoms with van der Waals surface area (Å²) in [5, 5.41) is 7.33. The van der Waals surface area contributed by atoms with Crippen LogP contribution < -0.4 is 16.0 Å². The van der Waals surface area contributed by atoms with E-state index in [1.54, 1.807) is 0 Å². The third-order valence-corrected chi connectivity index (χ3v) is 1.71. The number of urea groups is 1.